The normalized spacial score (nSPS) is 10.3. The lowest BCUT2D eigenvalue weighted by Gasteiger charge is -2.09. The van der Waals surface area contributed by atoms with E-state index in [0.717, 1.165) is 24.3 Å². The van der Waals surface area contributed by atoms with E-state index >= 15 is 0 Å². The third-order valence-corrected chi connectivity index (χ3v) is 2.95. The van der Waals surface area contributed by atoms with Gasteiger partial charge in [0, 0.05) is 5.56 Å². The molecule has 19 heavy (non-hydrogen) atoms. The van der Waals surface area contributed by atoms with Gasteiger partial charge in [-0.05, 0) is 36.4 Å². The van der Waals surface area contributed by atoms with Gasteiger partial charge in [-0.2, -0.15) is 0 Å². The molecule has 0 aliphatic heterocycles. The molecule has 2 aromatic rings. The van der Waals surface area contributed by atoms with Crippen LogP contribution in [0.3, 0.4) is 0 Å². The van der Waals surface area contributed by atoms with E-state index < -0.39 is 17.5 Å². The van der Waals surface area contributed by atoms with E-state index in [-0.39, 0.29) is 21.3 Å². The third-order valence-electron chi connectivity index (χ3n) is 2.35. The number of amides is 1. The first-order valence-corrected chi connectivity index (χ1v) is 5.94. The van der Waals surface area contributed by atoms with Crippen LogP contribution >= 0.6 is 23.2 Å². The van der Waals surface area contributed by atoms with Crippen LogP contribution in [0.5, 0.6) is 0 Å². The summed E-state index contributed by atoms with van der Waals surface area (Å²) < 4.78 is 25.7. The molecule has 98 valence electrons. The zero-order valence-electron chi connectivity index (χ0n) is 9.38. The average Bonchev–Trinajstić information content (AvgIpc) is 2.34. The Balaban J connectivity index is 2.26. The van der Waals surface area contributed by atoms with Crippen molar-refractivity contribution in [2.75, 3.05) is 5.32 Å². The summed E-state index contributed by atoms with van der Waals surface area (Å²) in [4.78, 5) is 11.9. The molecule has 0 saturated heterocycles. The first kappa shape index (κ1) is 13.8. The number of rotatable bonds is 2. The molecule has 0 bridgehead atoms. The Kier molecular flexibility index (Phi) is 4.02. The Labute approximate surface area is 118 Å². The number of carbonyl (C=O) groups excluding carboxylic acids is 1. The first-order valence-electron chi connectivity index (χ1n) is 5.19. The van der Waals surface area contributed by atoms with Gasteiger partial charge in [-0.1, -0.05) is 23.2 Å². The molecule has 0 atom stereocenters. The van der Waals surface area contributed by atoms with E-state index in [9.17, 15) is 13.6 Å². The van der Waals surface area contributed by atoms with Crippen LogP contribution in [0.25, 0.3) is 0 Å². The maximum atomic E-state index is 13.0. The van der Waals surface area contributed by atoms with Crippen LogP contribution in [0.1, 0.15) is 10.4 Å². The van der Waals surface area contributed by atoms with Crippen molar-refractivity contribution in [3.63, 3.8) is 0 Å². The second-order valence-corrected chi connectivity index (χ2v) is 4.52. The highest BCUT2D eigenvalue weighted by atomic mass is 35.5. The summed E-state index contributed by atoms with van der Waals surface area (Å²) in [5.74, 6) is -1.57. The van der Waals surface area contributed by atoms with E-state index in [1.807, 2.05) is 0 Å². The number of anilines is 1. The Morgan fingerprint density at radius 3 is 2.00 bits per heavy atom. The van der Waals surface area contributed by atoms with E-state index in [0.29, 0.717) is 0 Å². The van der Waals surface area contributed by atoms with Gasteiger partial charge in [0.2, 0.25) is 0 Å². The summed E-state index contributed by atoms with van der Waals surface area (Å²) in [5, 5.41) is 2.42. The summed E-state index contributed by atoms with van der Waals surface area (Å²) in [7, 11) is 0. The molecule has 0 unspecified atom stereocenters. The van der Waals surface area contributed by atoms with E-state index in [1.54, 1.807) is 0 Å². The van der Waals surface area contributed by atoms with Crippen molar-refractivity contribution < 1.29 is 13.6 Å². The lowest BCUT2D eigenvalue weighted by molar-refractivity contribution is 0.102. The van der Waals surface area contributed by atoms with Crippen LogP contribution in [-0.2, 0) is 0 Å². The second kappa shape index (κ2) is 5.55. The van der Waals surface area contributed by atoms with Crippen molar-refractivity contribution in [2.45, 2.75) is 0 Å². The monoisotopic (exact) mass is 301 g/mol. The first-order chi connectivity index (χ1) is 8.97. The maximum Gasteiger partial charge on any atom is 0.255 e. The minimum atomic E-state index is -0.602. The molecular weight excluding hydrogens is 295 g/mol. The quantitative estimate of drug-likeness (QED) is 0.868. The smallest absolute Gasteiger partial charge is 0.255 e. The van der Waals surface area contributed by atoms with Gasteiger partial charge in [0.25, 0.3) is 5.91 Å². The van der Waals surface area contributed by atoms with Gasteiger partial charge in [-0.3, -0.25) is 4.79 Å². The second-order valence-electron chi connectivity index (χ2n) is 3.71. The summed E-state index contributed by atoms with van der Waals surface area (Å²) in [6, 6.07) is 7.01. The predicted octanol–water partition coefficient (Wildman–Crippen LogP) is 4.52. The topological polar surface area (TPSA) is 29.1 Å². The van der Waals surface area contributed by atoms with Crippen LogP contribution in [-0.4, -0.2) is 5.91 Å². The fraction of sp³-hybridized carbons (Fsp3) is 0. The van der Waals surface area contributed by atoms with E-state index in [4.69, 9.17) is 23.2 Å². The zero-order valence-corrected chi connectivity index (χ0v) is 10.9. The van der Waals surface area contributed by atoms with E-state index in [2.05, 4.69) is 5.32 Å². The van der Waals surface area contributed by atoms with Crippen molar-refractivity contribution >= 4 is 34.8 Å². The molecule has 1 amide bonds. The van der Waals surface area contributed by atoms with Gasteiger partial charge in [0.1, 0.15) is 11.6 Å². The minimum absolute atomic E-state index is 0.0135. The number of nitrogens with one attached hydrogen (secondary N) is 1. The molecule has 0 saturated carbocycles. The molecule has 0 fully saturated rings. The Hall–Kier alpha value is -1.65. The molecular formula is C13H7Cl2F2NO. The van der Waals surface area contributed by atoms with Crippen molar-refractivity contribution in [2.24, 2.45) is 0 Å². The van der Waals surface area contributed by atoms with Crippen molar-refractivity contribution in [3.8, 4) is 0 Å². The maximum absolute atomic E-state index is 13.0. The highest BCUT2D eigenvalue weighted by molar-refractivity contribution is 6.40. The van der Waals surface area contributed by atoms with E-state index in [1.165, 1.54) is 12.1 Å². The van der Waals surface area contributed by atoms with Gasteiger partial charge < -0.3 is 5.32 Å². The SMILES string of the molecule is O=C(Nc1c(Cl)cc(F)cc1Cl)c1ccc(F)cc1. The van der Waals surface area contributed by atoms with Crippen LogP contribution in [0.4, 0.5) is 14.5 Å². The molecule has 0 heterocycles. The van der Waals surface area contributed by atoms with Crippen molar-refractivity contribution in [1.82, 2.24) is 0 Å². The van der Waals surface area contributed by atoms with Gasteiger partial charge in [0.15, 0.2) is 0 Å². The van der Waals surface area contributed by atoms with Crippen LogP contribution in [0, 0.1) is 11.6 Å². The highest BCUT2D eigenvalue weighted by Gasteiger charge is 2.13. The molecule has 2 rings (SSSR count). The molecule has 0 aromatic heterocycles. The van der Waals surface area contributed by atoms with Crippen LogP contribution in [0.2, 0.25) is 10.0 Å². The molecule has 0 radical (unpaired) electrons. The number of hydrogen-bond donors (Lipinski definition) is 1. The molecule has 0 aliphatic carbocycles. The lowest BCUT2D eigenvalue weighted by Crippen LogP contribution is -2.12. The standard InChI is InChI=1S/C13H7Cl2F2NO/c14-10-5-9(17)6-11(15)12(10)18-13(19)7-1-3-8(16)4-2-7/h1-6H,(H,18,19). The third kappa shape index (κ3) is 3.22. The van der Waals surface area contributed by atoms with Gasteiger partial charge in [-0.25, -0.2) is 8.78 Å². The number of benzene rings is 2. The summed E-state index contributed by atoms with van der Waals surface area (Å²) in [6.07, 6.45) is 0. The molecule has 0 spiro atoms. The van der Waals surface area contributed by atoms with Crippen LogP contribution < -0.4 is 5.32 Å². The summed E-state index contributed by atoms with van der Waals surface area (Å²) in [6.45, 7) is 0. The largest absolute Gasteiger partial charge is 0.319 e. The number of carbonyl (C=O) groups is 1. The Bertz CT molecular complexity index is 606. The minimum Gasteiger partial charge on any atom is -0.319 e. The Morgan fingerprint density at radius 2 is 1.47 bits per heavy atom. The number of hydrogen-bond acceptors (Lipinski definition) is 1. The van der Waals surface area contributed by atoms with Crippen molar-refractivity contribution in [3.05, 3.63) is 63.6 Å². The number of halogens is 4. The van der Waals surface area contributed by atoms with Gasteiger partial charge in [-0.15, -0.1) is 0 Å². The Morgan fingerprint density at radius 1 is 0.947 bits per heavy atom. The summed E-state index contributed by atoms with van der Waals surface area (Å²) >= 11 is 11.6. The summed E-state index contributed by atoms with van der Waals surface area (Å²) in [5.41, 5.74) is 0.344. The van der Waals surface area contributed by atoms with Crippen molar-refractivity contribution in [1.29, 1.82) is 0 Å². The molecule has 0 aliphatic rings. The fourth-order valence-corrected chi connectivity index (χ4v) is 2.00. The molecule has 2 nitrogen and oxygen atoms in total. The molecule has 2 aromatic carbocycles. The predicted molar refractivity (Wildman–Crippen MR) is 70.8 cm³/mol. The molecule has 6 heteroatoms. The van der Waals surface area contributed by atoms with Gasteiger partial charge in [0.05, 0.1) is 15.7 Å². The fourth-order valence-electron chi connectivity index (χ4n) is 1.45. The molecule has 1 N–H and O–H groups in total. The van der Waals surface area contributed by atoms with Gasteiger partial charge >= 0.3 is 0 Å². The average molecular weight is 302 g/mol. The van der Waals surface area contributed by atoms with Crippen LogP contribution in [0.15, 0.2) is 36.4 Å². The highest BCUT2D eigenvalue weighted by Crippen LogP contribution is 2.31. The lowest BCUT2D eigenvalue weighted by atomic mass is 10.2. The zero-order chi connectivity index (χ0) is 14.0.